The molecule has 0 unspecified atom stereocenters. The number of carboxylic acids is 1. The molecule has 1 N–H and O–H groups in total. The number of carbonyl (C=O) groups is 1. The fraction of sp³-hybridized carbons (Fsp3) is 0.583. The molecule has 17 heavy (non-hydrogen) atoms. The summed E-state index contributed by atoms with van der Waals surface area (Å²) >= 11 is 0. The van der Waals surface area contributed by atoms with Gasteiger partial charge < -0.3 is 5.11 Å². The van der Waals surface area contributed by atoms with Gasteiger partial charge in [0.15, 0.2) is 0 Å². The van der Waals surface area contributed by atoms with Crippen LogP contribution in [0.5, 0.6) is 0 Å². The molecule has 2 heterocycles. The van der Waals surface area contributed by atoms with Crippen molar-refractivity contribution in [2.24, 2.45) is 0 Å². The molecule has 1 aliphatic heterocycles. The van der Waals surface area contributed by atoms with Crippen LogP contribution in [0.25, 0.3) is 0 Å². The molecule has 0 radical (unpaired) electrons. The van der Waals surface area contributed by atoms with Crippen LogP contribution in [0, 0.1) is 0 Å². The molecule has 92 valence electrons. The Morgan fingerprint density at radius 3 is 2.65 bits per heavy atom. The first kappa shape index (κ1) is 12.0. The van der Waals surface area contributed by atoms with Gasteiger partial charge in [-0.1, -0.05) is 12.8 Å². The molecule has 5 nitrogen and oxygen atoms in total. The molecule has 0 aliphatic carbocycles. The van der Waals surface area contributed by atoms with E-state index in [0.29, 0.717) is 12.2 Å². The van der Waals surface area contributed by atoms with Crippen LogP contribution in [0.2, 0.25) is 0 Å². The van der Waals surface area contributed by atoms with E-state index in [9.17, 15) is 4.79 Å². The molecule has 0 spiro atoms. The molecule has 1 aromatic rings. The van der Waals surface area contributed by atoms with Crippen molar-refractivity contribution in [1.29, 1.82) is 0 Å². The zero-order valence-corrected chi connectivity index (χ0v) is 9.80. The fourth-order valence-electron chi connectivity index (χ4n) is 2.17. The van der Waals surface area contributed by atoms with Crippen molar-refractivity contribution >= 4 is 5.97 Å². The number of rotatable bonds is 3. The maximum Gasteiger partial charge on any atom is 0.339 e. The molecule has 0 aromatic carbocycles. The largest absolute Gasteiger partial charge is 0.478 e. The van der Waals surface area contributed by atoms with Crippen molar-refractivity contribution in [3.8, 4) is 0 Å². The second-order valence-corrected chi connectivity index (χ2v) is 4.38. The van der Waals surface area contributed by atoms with E-state index < -0.39 is 5.97 Å². The van der Waals surface area contributed by atoms with E-state index in [1.807, 2.05) is 0 Å². The number of nitrogens with zero attached hydrogens (tertiary/aromatic N) is 3. The summed E-state index contributed by atoms with van der Waals surface area (Å²) in [6, 6.07) is 0. The van der Waals surface area contributed by atoms with Crippen molar-refractivity contribution < 1.29 is 9.90 Å². The van der Waals surface area contributed by atoms with Crippen LogP contribution in [-0.4, -0.2) is 39.0 Å². The van der Waals surface area contributed by atoms with Crippen LogP contribution in [0.3, 0.4) is 0 Å². The Labute approximate surface area is 100 Å². The Morgan fingerprint density at radius 2 is 2.00 bits per heavy atom. The first-order valence-electron chi connectivity index (χ1n) is 6.02. The number of hydrogen-bond donors (Lipinski definition) is 1. The van der Waals surface area contributed by atoms with Gasteiger partial charge in [0.2, 0.25) is 0 Å². The summed E-state index contributed by atoms with van der Waals surface area (Å²) in [7, 11) is 0. The van der Waals surface area contributed by atoms with Gasteiger partial charge in [-0.25, -0.2) is 14.8 Å². The summed E-state index contributed by atoms with van der Waals surface area (Å²) in [4.78, 5) is 21.2. The third kappa shape index (κ3) is 3.23. The van der Waals surface area contributed by atoms with Gasteiger partial charge >= 0.3 is 5.97 Å². The first-order chi connectivity index (χ1) is 8.27. The molecule has 0 saturated carbocycles. The van der Waals surface area contributed by atoms with Crippen LogP contribution in [0.1, 0.15) is 41.7 Å². The number of aromatic carboxylic acids is 1. The minimum absolute atomic E-state index is 0.219. The zero-order chi connectivity index (χ0) is 12.1. The highest BCUT2D eigenvalue weighted by Gasteiger charge is 2.15. The summed E-state index contributed by atoms with van der Waals surface area (Å²) < 4.78 is 0. The van der Waals surface area contributed by atoms with Gasteiger partial charge in [-0.2, -0.15) is 0 Å². The van der Waals surface area contributed by atoms with Crippen molar-refractivity contribution in [2.75, 3.05) is 13.1 Å². The molecule has 0 bridgehead atoms. The summed E-state index contributed by atoms with van der Waals surface area (Å²) in [5.74, 6) is -0.949. The molecule has 1 saturated heterocycles. The molecule has 1 aliphatic rings. The molecule has 1 aromatic heterocycles. The quantitative estimate of drug-likeness (QED) is 0.861. The SMILES string of the molecule is O=C(O)c1cncnc1CN1CCCCCC1. The maximum atomic E-state index is 11.0. The van der Waals surface area contributed by atoms with Crippen molar-refractivity contribution in [2.45, 2.75) is 32.2 Å². The maximum absolute atomic E-state index is 11.0. The Morgan fingerprint density at radius 1 is 1.29 bits per heavy atom. The highest BCUT2D eigenvalue weighted by Crippen LogP contribution is 2.13. The first-order valence-corrected chi connectivity index (χ1v) is 6.02. The average Bonchev–Trinajstić information content (AvgIpc) is 2.58. The lowest BCUT2D eigenvalue weighted by Crippen LogP contribution is -2.25. The van der Waals surface area contributed by atoms with Crippen LogP contribution in [-0.2, 0) is 6.54 Å². The van der Waals surface area contributed by atoms with Crippen molar-refractivity contribution in [3.63, 3.8) is 0 Å². The molecule has 5 heteroatoms. The number of aromatic nitrogens is 2. The van der Waals surface area contributed by atoms with E-state index in [0.717, 1.165) is 13.1 Å². The molecule has 0 amide bonds. The number of hydrogen-bond acceptors (Lipinski definition) is 4. The van der Waals surface area contributed by atoms with Gasteiger partial charge in [0.05, 0.1) is 5.69 Å². The summed E-state index contributed by atoms with van der Waals surface area (Å²) in [5, 5.41) is 9.05. The molecule has 1 fully saturated rings. The van der Waals surface area contributed by atoms with Gasteiger partial charge in [0.1, 0.15) is 11.9 Å². The summed E-state index contributed by atoms with van der Waals surface area (Å²) in [5.41, 5.74) is 0.839. The van der Waals surface area contributed by atoms with E-state index in [4.69, 9.17) is 5.11 Å². The lowest BCUT2D eigenvalue weighted by atomic mass is 10.2. The number of carboxylic acid groups (broad SMARTS) is 1. The predicted octanol–water partition coefficient (Wildman–Crippen LogP) is 1.55. The Hall–Kier alpha value is -1.49. The third-order valence-corrected chi connectivity index (χ3v) is 3.10. The van der Waals surface area contributed by atoms with Gasteiger partial charge in [-0.15, -0.1) is 0 Å². The van der Waals surface area contributed by atoms with Gasteiger partial charge in [0.25, 0.3) is 0 Å². The zero-order valence-electron chi connectivity index (χ0n) is 9.80. The van der Waals surface area contributed by atoms with Gasteiger partial charge in [-0.05, 0) is 25.9 Å². The highest BCUT2D eigenvalue weighted by atomic mass is 16.4. The van der Waals surface area contributed by atoms with Crippen LogP contribution < -0.4 is 0 Å². The van der Waals surface area contributed by atoms with Crippen LogP contribution in [0.4, 0.5) is 0 Å². The molecule has 0 atom stereocenters. The molecule has 2 rings (SSSR count). The van der Waals surface area contributed by atoms with Gasteiger partial charge in [0, 0.05) is 12.7 Å². The average molecular weight is 235 g/mol. The molecular formula is C12H17N3O2. The standard InChI is InChI=1S/C12H17N3O2/c16-12(17)10-7-13-9-14-11(10)8-15-5-3-1-2-4-6-15/h7,9H,1-6,8H2,(H,16,17). The second-order valence-electron chi connectivity index (χ2n) is 4.38. The van der Waals surface area contributed by atoms with Crippen molar-refractivity contribution in [1.82, 2.24) is 14.9 Å². The minimum atomic E-state index is -0.949. The smallest absolute Gasteiger partial charge is 0.339 e. The molecular weight excluding hydrogens is 218 g/mol. The monoisotopic (exact) mass is 235 g/mol. The second kappa shape index (κ2) is 5.72. The number of likely N-dealkylation sites (tertiary alicyclic amines) is 1. The lowest BCUT2D eigenvalue weighted by molar-refractivity contribution is 0.0693. The van der Waals surface area contributed by atoms with E-state index >= 15 is 0 Å². The third-order valence-electron chi connectivity index (χ3n) is 3.10. The summed E-state index contributed by atoms with van der Waals surface area (Å²) in [6.07, 6.45) is 7.71. The van der Waals surface area contributed by atoms with E-state index in [1.165, 1.54) is 38.2 Å². The van der Waals surface area contributed by atoms with Crippen LogP contribution >= 0.6 is 0 Å². The topological polar surface area (TPSA) is 66.3 Å². The lowest BCUT2D eigenvalue weighted by Gasteiger charge is -2.19. The Bertz CT molecular complexity index is 387. The predicted molar refractivity (Wildman–Crippen MR) is 62.7 cm³/mol. The van der Waals surface area contributed by atoms with Crippen LogP contribution in [0.15, 0.2) is 12.5 Å². The van der Waals surface area contributed by atoms with E-state index in [1.54, 1.807) is 0 Å². The summed E-state index contributed by atoms with van der Waals surface area (Å²) in [6.45, 7) is 2.68. The van der Waals surface area contributed by atoms with E-state index in [-0.39, 0.29) is 5.56 Å². The Balaban J connectivity index is 2.09. The Kier molecular flexibility index (Phi) is 4.03. The minimum Gasteiger partial charge on any atom is -0.478 e. The highest BCUT2D eigenvalue weighted by molar-refractivity contribution is 5.88. The van der Waals surface area contributed by atoms with Crippen molar-refractivity contribution in [3.05, 3.63) is 23.8 Å². The fourth-order valence-corrected chi connectivity index (χ4v) is 2.17. The van der Waals surface area contributed by atoms with E-state index in [2.05, 4.69) is 14.9 Å². The normalized spacial score (nSPS) is 17.6. The van der Waals surface area contributed by atoms with Gasteiger partial charge in [-0.3, -0.25) is 4.90 Å².